The molecule has 0 spiro atoms. The Balaban J connectivity index is 1.41. The second kappa shape index (κ2) is 22.1. The standard InChI is InChI=1S/C42H52FN6O14P/c1-27(2)61-39(51)56-25-59-64(53,60-26-57-40(52)62-28(3)4)58-24-41(23-45-48-44)29(5)36(43)37(63-41)49-22-21-35(46-38(49)50)47-42(30-11-9-8-10-12-30,31-13-17-33(54-6)18-14-31)32-15-19-34(55-7)20-16-32/h8-22,27-29,35-37,47H,23-26H2,1-7H3,(H,46,50)/t29-,35?,36+,37+,41+/m0/s1. The van der Waals surface area contributed by atoms with E-state index >= 15 is 4.39 Å². The molecule has 0 aliphatic carbocycles. The molecule has 5 rings (SSSR count). The summed E-state index contributed by atoms with van der Waals surface area (Å²) in [5, 5.41) is 10.1. The van der Waals surface area contributed by atoms with Gasteiger partial charge in [0.2, 0.25) is 13.6 Å². The Morgan fingerprint density at radius 2 is 1.41 bits per heavy atom. The Morgan fingerprint density at radius 3 is 1.88 bits per heavy atom. The summed E-state index contributed by atoms with van der Waals surface area (Å²) in [6.07, 6.45) is -4.92. The lowest BCUT2D eigenvalue weighted by atomic mass is 9.76. The third kappa shape index (κ3) is 12.0. The van der Waals surface area contributed by atoms with Crippen LogP contribution in [0.15, 0.2) is 96.3 Å². The van der Waals surface area contributed by atoms with Crippen LogP contribution in [-0.4, -0.2) is 101 Å². The summed E-state index contributed by atoms with van der Waals surface area (Å²) in [5.74, 6) is 0.0707. The number of rotatable bonds is 21. The van der Waals surface area contributed by atoms with E-state index in [0.29, 0.717) is 11.5 Å². The van der Waals surface area contributed by atoms with Crippen LogP contribution in [0, 0.1) is 5.92 Å². The molecule has 22 heteroatoms. The normalized spacial score (nSPS) is 20.9. The van der Waals surface area contributed by atoms with Crippen molar-refractivity contribution in [3.63, 3.8) is 0 Å². The number of nitrogens with one attached hydrogen (secondary N) is 2. The molecule has 346 valence electrons. The average Bonchev–Trinajstić information content (AvgIpc) is 3.52. The second-order valence-electron chi connectivity index (χ2n) is 14.9. The molecule has 2 aliphatic heterocycles. The Labute approximate surface area is 369 Å². The predicted molar refractivity (Wildman–Crippen MR) is 225 cm³/mol. The van der Waals surface area contributed by atoms with Crippen molar-refractivity contribution < 1.29 is 70.1 Å². The molecule has 5 atom stereocenters. The zero-order valence-electron chi connectivity index (χ0n) is 36.3. The van der Waals surface area contributed by atoms with Crippen LogP contribution in [0.5, 0.6) is 11.5 Å². The van der Waals surface area contributed by atoms with E-state index in [4.69, 9.17) is 46.7 Å². The van der Waals surface area contributed by atoms with Crippen LogP contribution in [-0.2, 0) is 47.4 Å². The molecule has 1 saturated heterocycles. The first-order valence-electron chi connectivity index (χ1n) is 20.0. The summed E-state index contributed by atoms with van der Waals surface area (Å²) < 4.78 is 82.7. The van der Waals surface area contributed by atoms with Gasteiger partial charge in [-0.3, -0.25) is 14.7 Å². The van der Waals surface area contributed by atoms with Crippen molar-refractivity contribution >= 4 is 26.2 Å². The second-order valence-corrected chi connectivity index (χ2v) is 16.6. The first-order chi connectivity index (χ1) is 30.6. The Bertz CT molecular complexity index is 2080. The highest BCUT2D eigenvalue weighted by molar-refractivity contribution is 7.48. The zero-order valence-corrected chi connectivity index (χ0v) is 37.2. The number of benzene rings is 3. The van der Waals surface area contributed by atoms with Crippen LogP contribution in [0.3, 0.4) is 0 Å². The minimum atomic E-state index is -4.88. The fraction of sp³-hybridized carbons (Fsp3) is 0.452. The van der Waals surface area contributed by atoms with Gasteiger partial charge in [0.1, 0.15) is 23.3 Å². The molecule has 2 N–H and O–H groups in total. The molecular formula is C42H52FN6O14P. The van der Waals surface area contributed by atoms with Crippen molar-refractivity contribution in [1.29, 1.82) is 0 Å². The number of alkyl halides is 1. The maximum Gasteiger partial charge on any atom is 0.510 e. The van der Waals surface area contributed by atoms with Gasteiger partial charge >= 0.3 is 26.2 Å². The van der Waals surface area contributed by atoms with E-state index in [9.17, 15) is 24.5 Å². The number of carbonyl (C=O) groups excluding carboxylic acids is 3. The van der Waals surface area contributed by atoms with Crippen LogP contribution in [0.1, 0.15) is 51.3 Å². The Hall–Kier alpha value is -5.92. The minimum absolute atomic E-state index is 0.559. The molecule has 20 nitrogen and oxygen atoms in total. The number of amides is 2. The fourth-order valence-electron chi connectivity index (χ4n) is 6.88. The number of phosphoric acid groups is 1. The number of nitrogens with zero attached hydrogens (tertiary/aromatic N) is 4. The quantitative estimate of drug-likeness (QED) is 0.0196. The lowest BCUT2D eigenvalue weighted by Gasteiger charge is -2.41. The zero-order chi connectivity index (χ0) is 46.5. The lowest BCUT2D eigenvalue weighted by Crippen LogP contribution is -2.60. The maximum atomic E-state index is 16.5. The number of hydrogen-bond acceptors (Lipinski definition) is 16. The minimum Gasteiger partial charge on any atom is -0.497 e. The summed E-state index contributed by atoms with van der Waals surface area (Å²) in [6.45, 7) is 4.20. The number of hydrogen-bond donors (Lipinski definition) is 2. The molecule has 2 aliphatic rings. The first-order valence-corrected chi connectivity index (χ1v) is 21.5. The lowest BCUT2D eigenvalue weighted by molar-refractivity contribution is -0.117. The van der Waals surface area contributed by atoms with Gasteiger partial charge in [0.05, 0.1) is 45.1 Å². The van der Waals surface area contributed by atoms with E-state index in [1.54, 1.807) is 48.0 Å². The van der Waals surface area contributed by atoms with Crippen LogP contribution >= 0.6 is 7.82 Å². The molecule has 1 unspecified atom stereocenters. The molecular weight excluding hydrogens is 862 g/mol. The van der Waals surface area contributed by atoms with Crippen molar-refractivity contribution in [2.24, 2.45) is 11.0 Å². The molecule has 2 heterocycles. The van der Waals surface area contributed by atoms with Crippen LogP contribution in [0.25, 0.3) is 10.4 Å². The molecule has 1 fully saturated rings. The number of phosphoric ester groups is 1. The Morgan fingerprint density at radius 1 is 0.891 bits per heavy atom. The van der Waals surface area contributed by atoms with Crippen LogP contribution in [0.2, 0.25) is 0 Å². The molecule has 0 bridgehead atoms. The number of urea groups is 1. The van der Waals surface area contributed by atoms with Gasteiger partial charge in [0.15, 0.2) is 12.4 Å². The monoisotopic (exact) mass is 914 g/mol. The van der Waals surface area contributed by atoms with E-state index < -0.39 is 101 Å². The number of carbonyl (C=O) groups is 3. The van der Waals surface area contributed by atoms with Gasteiger partial charge in [-0.2, -0.15) is 0 Å². The molecule has 0 aromatic heterocycles. The van der Waals surface area contributed by atoms with E-state index in [1.807, 2.05) is 78.9 Å². The van der Waals surface area contributed by atoms with Gasteiger partial charge in [-0.1, -0.05) is 66.6 Å². The largest absolute Gasteiger partial charge is 0.510 e. The van der Waals surface area contributed by atoms with Crippen molar-refractivity contribution in [3.05, 3.63) is 118 Å². The van der Waals surface area contributed by atoms with Gasteiger partial charge in [-0.15, -0.1) is 0 Å². The summed E-state index contributed by atoms with van der Waals surface area (Å²) >= 11 is 0. The average molecular weight is 915 g/mol. The van der Waals surface area contributed by atoms with Gasteiger partial charge in [0.25, 0.3) is 0 Å². The highest BCUT2D eigenvalue weighted by Gasteiger charge is 2.57. The molecule has 3 aromatic rings. The predicted octanol–water partition coefficient (Wildman–Crippen LogP) is 8.03. The third-order valence-electron chi connectivity index (χ3n) is 10.1. The molecule has 0 saturated carbocycles. The van der Waals surface area contributed by atoms with E-state index in [0.717, 1.165) is 21.6 Å². The molecule has 0 radical (unpaired) electrons. The van der Waals surface area contributed by atoms with Gasteiger partial charge in [-0.05, 0) is 80.3 Å². The van der Waals surface area contributed by atoms with E-state index in [1.165, 1.54) is 13.1 Å². The number of azide groups is 1. The SMILES string of the molecule is COc1ccc(C(NC2C=CN([C@@H]3O[C@](CN=[N+]=[N-])(COP(=O)(OCOC(=O)OC(C)C)OCOC(=O)OC(C)C)[C@@H](C)[C@H]3F)C(=O)N2)(c2ccccc2)c2ccc(OC)cc2)cc1. The van der Waals surface area contributed by atoms with Gasteiger partial charge in [-0.25, -0.2) is 32.4 Å². The number of ether oxygens (including phenoxy) is 7. The Kier molecular flexibility index (Phi) is 17.0. The summed E-state index contributed by atoms with van der Waals surface area (Å²) in [5.41, 5.74) is 8.72. The molecule has 2 amide bonds. The van der Waals surface area contributed by atoms with Crippen molar-refractivity contribution in [1.82, 2.24) is 15.5 Å². The van der Waals surface area contributed by atoms with Crippen LogP contribution in [0.4, 0.5) is 18.8 Å². The maximum absolute atomic E-state index is 16.5. The molecule has 64 heavy (non-hydrogen) atoms. The van der Waals surface area contributed by atoms with Crippen molar-refractivity contribution in [3.8, 4) is 11.5 Å². The summed E-state index contributed by atoms with van der Waals surface area (Å²) in [6, 6.07) is 23.8. The van der Waals surface area contributed by atoms with E-state index in [-0.39, 0.29) is 0 Å². The number of halogens is 1. The van der Waals surface area contributed by atoms with E-state index in [2.05, 4.69) is 20.7 Å². The topological polar surface area (TPSA) is 237 Å². The smallest absolute Gasteiger partial charge is 0.497 e. The van der Waals surface area contributed by atoms with Crippen molar-refractivity contribution in [2.45, 2.75) is 76.5 Å². The molecule has 3 aromatic carbocycles. The fourth-order valence-corrected chi connectivity index (χ4v) is 7.84. The van der Waals surface area contributed by atoms with Gasteiger partial charge in [0, 0.05) is 17.0 Å². The third-order valence-corrected chi connectivity index (χ3v) is 11.4. The van der Waals surface area contributed by atoms with Gasteiger partial charge < -0.3 is 38.5 Å². The van der Waals surface area contributed by atoms with Crippen molar-refractivity contribution in [2.75, 3.05) is 41.0 Å². The van der Waals surface area contributed by atoms with Crippen LogP contribution < -0.4 is 20.1 Å². The summed E-state index contributed by atoms with van der Waals surface area (Å²) in [4.78, 5) is 41.8. The highest BCUT2D eigenvalue weighted by atomic mass is 31.2. The highest BCUT2D eigenvalue weighted by Crippen LogP contribution is 2.52. The summed E-state index contributed by atoms with van der Waals surface area (Å²) in [7, 11) is -1.74. The number of methoxy groups -OCH3 is 2. The first kappa shape index (κ1) is 49.1.